The molecular formula is C24H20N2O3. The molecule has 0 spiro atoms. The van der Waals surface area contributed by atoms with Gasteiger partial charge in [-0.15, -0.1) is 0 Å². The van der Waals surface area contributed by atoms with Crippen LogP contribution in [0.4, 0.5) is 5.69 Å². The van der Waals surface area contributed by atoms with Gasteiger partial charge in [0.15, 0.2) is 6.10 Å². The van der Waals surface area contributed by atoms with Gasteiger partial charge in [-0.25, -0.2) is 0 Å². The van der Waals surface area contributed by atoms with Crippen molar-refractivity contribution in [1.29, 1.82) is 0 Å². The maximum atomic E-state index is 13.0. The van der Waals surface area contributed by atoms with Crippen molar-refractivity contribution in [1.82, 2.24) is 4.98 Å². The van der Waals surface area contributed by atoms with Crippen LogP contribution >= 0.6 is 0 Å². The molecule has 0 saturated carbocycles. The third-order valence-corrected chi connectivity index (χ3v) is 4.69. The number of para-hydroxylation sites is 3. The fourth-order valence-corrected chi connectivity index (χ4v) is 3.22. The SMILES string of the molecule is CC(Oc1ccccc1C(=O)Nc1ccccc1)C(=O)c1c[nH]c2ccccc12. The second-order valence-corrected chi connectivity index (χ2v) is 6.69. The summed E-state index contributed by atoms with van der Waals surface area (Å²) in [5.74, 6) is -0.0825. The van der Waals surface area contributed by atoms with Gasteiger partial charge in [0, 0.05) is 28.4 Å². The van der Waals surface area contributed by atoms with Crippen LogP contribution in [0.25, 0.3) is 10.9 Å². The van der Waals surface area contributed by atoms with Crippen LogP contribution in [0.2, 0.25) is 0 Å². The lowest BCUT2D eigenvalue weighted by Gasteiger charge is -2.16. The first-order chi connectivity index (χ1) is 14.1. The van der Waals surface area contributed by atoms with E-state index in [1.54, 1.807) is 37.4 Å². The fourth-order valence-electron chi connectivity index (χ4n) is 3.22. The number of carbonyl (C=O) groups is 2. The highest BCUT2D eigenvalue weighted by atomic mass is 16.5. The van der Waals surface area contributed by atoms with Crippen molar-refractivity contribution in [3.8, 4) is 5.75 Å². The van der Waals surface area contributed by atoms with Crippen LogP contribution in [0.5, 0.6) is 5.75 Å². The summed E-state index contributed by atoms with van der Waals surface area (Å²) in [6.45, 7) is 1.69. The molecule has 1 heterocycles. The van der Waals surface area contributed by atoms with Crippen LogP contribution < -0.4 is 10.1 Å². The first-order valence-electron chi connectivity index (χ1n) is 9.36. The molecule has 1 amide bonds. The molecule has 1 aromatic heterocycles. The summed E-state index contributed by atoms with van der Waals surface area (Å²) in [5, 5.41) is 3.69. The number of aromatic nitrogens is 1. The second-order valence-electron chi connectivity index (χ2n) is 6.69. The maximum absolute atomic E-state index is 13.0. The molecule has 0 aliphatic heterocycles. The lowest BCUT2D eigenvalue weighted by Crippen LogP contribution is -2.25. The number of fused-ring (bicyclic) bond motifs is 1. The molecule has 0 radical (unpaired) electrons. The molecule has 0 bridgehead atoms. The molecule has 3 aromatic carbocycles. The van der Waals surface area contributed by atoms with Gasteiger partial charge in [-0.3, -0.25) is 9.59 Å². The van der Waals surface area contributed by atoms with Gasteiger partial charge < -0.3 is 15.0 Å². The van der Waals surface area contributed by atoms with Crippen molar-refractivity contribution in [2.75, 3.05) is 5.32 Å². The predicted octanol–water partition coefficient (Wildman–Crippen LogP) is 5.07. The Hall–Kier alpha value is -3.86. The van der Waals surface area contributed by atoms with Gasteiger partial charge in [-0.1, -0.05) is 48.5 Å². The number of carbonyl (C=O) groups excluding carboxylic acids is 2. The third kappa shape index (κ3) is 3.89. The average molecular weight is 384 g/mol. The van der Waals surface area contributed by atoms with E-state index in [0.29, 0.717) is 22.6 Å². The Kier molecular flexibility index (Phi) is 5.12. The smallest absolute Gasteiger partial charge is 0.259 e. The summed E-state index contributed by atoms with van der Waals surface area (Å²) >= 11 is 0. The molecule has 144 valence electrons. The zero-order chi connectivity index (χ0) is 20.2. The lowest BCUT2D eigenvalue weighted by molar-refractivity contribution is 0.0813. The summed E-state index contributed by atoms with van der Waals surface area (Å²) in [6, 6.07) is 23.7. The average Bonchev–Trinajstić information content (AvgIpc) is 3.18. The van der Waals surface area contributed by atoms with E-state index in [4.69, 9.17) is 4.74 Å². The monoisotopic (exact) mass is 384 g/mol. The maximum Gasteiger partial charge on any atom is 0.259 e. The molecule has 5 heteroatoms. The number of aromatic amines is 1. The van der Waals surface area contributed by atoms with Crippen LogP contribution in [0.3, 0.4) is 0 Å². The minimum absolute atomic E-state index is 0.152. The molecule has 1 unspecified atom stereocenters. The fraction of sp³-hybridized carbons (Fsp3) is 0.0833. The number of nitrogens with one attached hydrogen (secondary N) is 2. The van der Waals surface area contributed by atoms with Crippen molar-refractivity contribution in [2.45, 2.75) is 13.0 Å². The highest BCUT2D eigenvalue weighted by Gasteiger charge is 2.22. The molecule has 0 saturated heterocycles. The Balaban J connectivity index is 1.55. The number of H-pyrrole nitrogens is 1. The molecule has 4 rings (SSSR count). The number of Topliss-reactive ketones (excluding diaryl/α,β-unsaturated/α-hetero) is 1. The zero-order valence-corrected chi connectivity index (χ0v) is 15.9. The molecule has 0 aliphatic rings. The lowest BCUT2D eigenvalue weighted by atomic mass is 10.1. The summed E-state index contributed by atoms with van der Waals surface area (Å²) in [5.41, 5.74) is 2.52. The molecule has 0 fully saturated rings. The zero-order valence-electron chi connectivity index (χ0n) is 15.9. The van der Waals surface area contributed by atoms with Gasteiger partial charge in [0.25, 0.3) is 5.91 Å². The van der Waals surface area contributed by atoms with E-state index < -0.39 is 6.10 Å². The van der Waals surface area contributed by atoms with Crippen molar-refractivity contribution >= 4 is 28.3 Å². The molecular weight excluding hydrogens is 364 g/mol. The first kappa shape index (κ1) is 18.5. The third-order valence-electron chi connectivity index (χ3n) is 4.69. The van der Waals surface area contributed by atoms with Gasteiger partial charge >= 0.3 is 0 Å². The van der Waals surface area contributed by atoms with E-state index in [0.717, 1.165) is 10.9 Å². The number of ketones is 1. The Morgan fingerprint density at radius 1 is 0.862 bits per heavy atom. The molecule has 0 aliphatic carbocycles. The Morgan fingerprint density at radius 3 is 2.38 bits per heavy atom. The predicted molar refractivity (Wildman–Crippen MR) is 114 cm³/mol. The van der Waals surface area contributed by atoms with Crippen molar-refractivity contribution in [3.63, 3.8) is 0 Å². The van der Waals surface area contributed by atoms with E-state index in [9.17, 15) is 9.59 Å². The van der Waals surface area contributed by atoms with E-state index in [1.807, 2.05) is 54.6 Å². The number of hydrogen-bond donors (Lipinski definition) is 2. The van der Waals surface area contributed by atoms with E-state index in [1.165, 1.54) is 0 Å². The standard InChI is InChI=1S/C24H20N2O3/c1-16(23(27)20-15-25-21-13-7-5-11-18(20)21)29-22-14-8-6-12-19(22)24(28)26-17-9-3-2-4-10-17/h2-16,25H,1H3,(H,26,28). The van der Waals surface area contributed by atoms with Gasteiger partial charge in [0.1, 0.15) is 5.75 Å². The van der Waals surface area contributed by atoms with E-state index in [2.05, 4.69) is 10.3 Å². The highest BCUT2D eigenvalue weighted by Crippen LogP contribution is 2.24. The topological polar surface area (TPSA) is 71.2 Å². The second kappa shape index (κ2) is 8.02. The van der Waals surface area contributed by atoms with Crippen molar-refractivity contribution in [2.24, 2.45) is 0 Å². The number of ether oxygens (including phenoxy) is 1. The largest absolute Gasteiger partial charge is 0.482 e. The van der Waals surface area contributed by atoms with Crippen molar-refractivity contribution in [3.05, 3.63) is 96.2 Å². The summed E-state index contributed by atoms with van der Waals surface area (Å²) in [4.78, 5) is 28.8. The van der Waals surface area contributed by atoms with Crippen LogP contribution in [0.1, 0.15) is 27.6 Å². The Labute approximate surface area is 168 Å². The van der Waals surface area contributed by atoms with Crippen LogP contribution in [-0.2, 0) is 0 Å². The summed E-state index contributed by atoms with van der Waals surface area (Å²) < 4.78 is 5.91. The van der Waals surface area contributed by atoms with E-state index in [-0.39, 0.29) is 11.7 Å². The molecule has 1 atom stereocenters. The van der Waals surface area contributed by atoms with Crippen LogP contribution in [0.15, 0.2) is 85.1 Å². The van der Waals surface area contributed by atoms with Gasteiger partial charge in [0.05, 0.1) is 5.56 Å². The minimum Gasteiger partial charge on any atom is -0.482 e. The van der Waals surface area contributed by atoms with E-state index >= 15 is 0 Å². The Bertz CT molecular complexity index is 1160. The number of anilines is 1. The van der Waals surface area contributed by atoms with Gasteiger partial charge in [-0.2, -0.15) is 0 Å². The number of hydrogen-bond acceptors (Lipinski definition) is 3. The van der Waals surface area contributed by atoms with Crippen LogP contribution in [-0.4, -0.2) is 22.8 Å². The normalized spacial score (nSPS) is 11.8. The molecule has 2 N–H and O–H groups in total. The number of amides is 1. The van der Waals surface area contributed by atoms with Gasteiger partial charge in [0.2, 0.25) is 5.78 Å². The molecule has 29 heavy (non-hydrogen) atoms. The summed E-state index contributed by atoms with van der Waals surface area (Å²) in [6.07, 6.45) is 0.945. The highest BCUT2D eigenvalue weighted by molar-refractivity contribution is 6.10. The quantitative estimate of drug-likeness (QED) is 0.456. The first-order valence-corrected chi connectivity index (χ1v) is 9.36. The summed E-state index contributed by atoms with van der Waals surface area (Å²) in [7, 11) is 0. The number of benzene rings is 3. The van der Waals surface area contributed by atoms with Crippen LogP contribution in [0, 0.1) is 0 Å². The number of rotatable bonds is 6. The van der Waals surface area contributed by atoms with Crippen molar-refractivity contribution < 1.29 is 14.3 Å². The Morgan fingerprint density at radius 2 is 1.55 bits per heavy atom. The minimum atomic E-state index is -0.750. The van der Waals surface area contributed by atoms with Gasteiger partial charge in [-0.05, 0) is 37.3 Å². The molecule has 4 aromatic rings. The molecule has 5 nitrogen and oxygen atoms in total.